The molecule has 2 amide bonds. The summed E-state index contributed by atoms with van der Waals surface area (Å²) in [5.74, 6) is -0.714. The van der Waals surface area contributed by atoms with Gasteiger partial charge < -0.3 is 15.7 Å². The number of hydrogen-bond donors (Lipinski definition) is 3. The van der Waals surface area contributed by atoms with Gasteiger partial charge in [0.2, 0.25) is 5.91 Å². The lowest BCUT2D eigenvalue weighted by Gasteiger charge is -2.12. The molecule has 17 heavy (non-hydrogen) atoms. The molecule has 0 spiro atoms. The van der Waals surface area contributed by atoms with Gasteiger partial charge >= 0.3 is 0 Å². The average molecular weight is 301 g/mol. The second kappa shape index (κ2) is 5.67. The van der Waals surface area contributed by atoms with Gasteiger partial charge in [-0.1, -0.05) is 0 Å². The molecule has 0 fully saturated rings. The molecule has 0 aliphatic heterocycles. The van der Waals surface area contributed by atoms with Gasteiger partial charge in [-0.05, 0) is 41.1 Å². The third-order valence-electron chi connectivity index (χ3n) is 2.20. The predicted molar refractivity (Wildman–Crippen MR) is 66.8 cm³/mol. The third-order valence-corrected chi connectivity index (χ3v) is 2.87. The lowest BCUT2D eigenvalue weighted by molar-refractivity contribution is -0.122. The number of phenols is 1. The summed E-state index contributed by atoms with van der Waals surface area (Å²) in [6.07, 6.45) is 0. The normalized spacial score (nSPS) is 11.7. The van der Waals surface area contributed by atoms with Gasteiger partial charge in [0, 0.05) is 12.6 Å². The van der Waals surface area contributed by atoms with E-state index in [2.05, 4.69) is 26.6 Å². The molecule has 1 aromatic rings. The van der Waals surface area contributed by atoms with Gasteiger partial charge in [-0.3, -0.25) is 9.59 Å². The van der Waals surface area contributed by atoms with Crippen LogP contribution in [0.1, 0.15) is 17.3 Å². The number of carbonyl (C=O) groups is 2. The summed E-state index contributed by atoms with van der Waals surface area (Å²) in [7, 11) is 1.50. The van der Waals surface area contributed by atoms with Crippen LogP contribution in [-0.2, 0) is 4.79 Å². The van der Waals surface area contributed by atoms with Gasteiger partial charge in [0.05, 0.1) is 4.47 Å². The molecule has 0 aliphatic carbocycles. The number of carbonyl (C=O) groups excluding carboxylic acids is 2. The second-order valence-corrected chi connectivity index (χ2v) is 4.33. The van der Waals surface area contributed by atoms with Gasteiger partial charge in [0.25, 0.3) is 5.91 Å². The fourth-order valence-corrected chi connectivity index (χ4v) is 1.46. The Morgan fingerprint density at radius 1 is 1.41 bits per heavy atom. The molecule has 1 aromatic carbocycles. The molecule has 92 valence electrons. The lowest BCUT2D eigenvalue weighted by Crippen LogP contribution is -2.43. The van der Waals surface area contributed by atoms with Gasteiger partial charge in [-0.25, -0.2) is 0 Å². The van der Waals surface area contributed by atoms with Crippen molar-refractivity contribution in [3.63, 3.8) is 0 Å². The molecule has 5 nitrogen and oxygen atoms in total. The van der Waals surface area contributed by atoms with Gasteiger partial charge in [0.1, 0.15) is 11.8 Å². The Balaban J connectivity index is 2.76. The van der Waals surface area contributed by atoms with Crippen LogP contribution in [0.5, 0.6) is 5.75 Å². The van der Waals surface area contributed by atoms with Crippen molar-refractivity contribution >= 4 is 27.7 Å². The minimum absolute atomic E-state index is 0.0229. The number of halogens is 1. The number of phenolic OH excluding ortho intramolecular Hbond substituents is 1. The molecule has 3 N–H and O–H groups in total. The summed E-state index contributed by atoms with van der Waals surface area (Å²) in [4.78, 5) is 22.9. The molecule has 0 heterocycles. The van der Waals surface area contributed by atoms with Crippen LogP contribution >= 0.6 is 15.9 Å². The Hall–Kier alpha value is -1.56. The van der Waals surface area contributed by atoms with E-state index in [9.17, 15) is 14.7 Å². The van der Waals surface area contributed by atoms with Crippen LogP contribution in [0.15, 0.2) is 22.7 Å². The summed E-state index contributed by atoms with van der Waals surface area (Å²) in [6.45, 7) is 1.58. The molecular weight excluding hydrogens is 288 g/mol. The SMILES string of the molecule is CNC(=O)C(C)NC(=O)c1ccc(Br)c(O)c1. The van der Waals surface area contributed by atoms with E-state index >= 15 is 0 Å². The van der Waals surface area contributed by atoms with Crippen LogP contribution in [-0.4, -0.2) is 30.0 Å². The van der Waals surface area contributed by atoms with Crippen LogP contribution in [0.3, 0.4) is 0 Å². The summed E-state index contributed by atoms with van der Waals surface area (Å²) in [6, 6.07) is 3.82. The molecule has 0 radical (unpaired) electrons. The van der Waals surface area contributed by atoms with E-state index in [-0.39, 0.29) is 11.7 Å². The fourth-order valence-electron chi connectivity index (χ4n) is 1.22. The highest BCUT2D eigenvalue weighted by Gasteiger charge is 2.15. The third kappa shape index (κ3) is 3.45. The largest absolute Gasteiger partial charge is 0.507 e. The fraction of sp³-hybridized carbons (Fsp3) is 0.273. The Kier molecular flexibility index (Phi) is 4.51. The van der Waals surface area contributed by atoms with Crippen LogP contribution in [0, 0.1) is 0 Å². The Morgan fingerprint density at radius 2 is 2.06 bits per heavy atom. The highest BCUT2D eigenvalue weighted by Crippen LogP contribution is 2.24. The summed E-state index contributed by atoms with van der Waals surface area (Å²) in [5, 5.41) is 14.4. The number of amides is 2. The molecule has 0 aromatic heterocycles. The van der Waals surface area contributed by atoms with E-state index in [1.807, 2.05) is 0 Å². The van der Waals surface area contributed by atoms with E-state index in [4.69, 9.17) is 0 Å². The maximum atomic E-state index is 11.7. The molecule has 6 heteroatoms. The molecule has 1 atom stereocenters. The minimum atomic E-state index is -0.627. The zero-order valence-corrected chi connectivity index (χ0v) is 11.0. The maximum Gasteiger partial charge on any atom is 0.252 e. The maximum absolute atomic E-state index is 11.7. The molecule has 1 rings (SSSR count). The van der Waals surface area contributed by atoms with Crippen molar-refractivity contribution in [2.45, 2.75) is 13.0 Å². The van der Waals surface area contributed by atoms with E-state index in [0.29, 0.717) is 10.0 Å². The first kappa shape index (κ1) is 13.5. The summed E-state index contributed by atoms with van der Waals surface area (Å²) in [5.41, 5.74) is 0.293. The van der Waals surface area contributed by atoms with E-state index in [1.165, 1.54) is 13.1 Å². The van der Waals surface area contributed by atoms with E-state index in [0.717, 1.165) is 0 Å². The first-order valence-corrected chi connectivity index (χ1v) is 5.76. The molecule has 0 saturated heterocycles. The quantitative estimate of drug-likeness (QED) is 0.780. The number of nitrogens with one attached hydrogen (secondary N) is 2. The smallest absolute Gasteiger partial charge is 0.252 e. The van der Waals surface area contributed by atoms with Gasteiger partial charge in [-0.2, -0.15) is 0 Å². The monoisotopic (exact) mass is 300 g/mol. The van der Waals surface area contributed by atoms with Crippen molar-refractivity contribution in [2.75, 3.05) is 7.05 Å². The van der Waals surface area contributed by atoms with E-state index in [1.54, 1.807) is 19.1 Å². The van der Waals surface area contributed by atoms with Crippen LogP contribution in [0.25, 0.3) is 0 Å². The molecule has 0 bridgehead atoms. The van der Waals surface area contributed by atoms with Crippen LogP contribution in [0.4, 0.5) is 0 Å². The zero-order chi connectivity index (χ0) is 13.0. The summed E-state index contributed by atoms with van der Waals surface area (Å²) >= 11 is 3.12. The lowest BCUT2D eigenvalue weighted by atomic mass is 10.2. The molecule has 0 aliphatic rings. The Labute approximate surface area is 107 Å². The second-order valence-electron chi connectivity index (χ2n) is 3.48. The number of hydrogen-bond acceptors (Lipinski definition) is 3. The topological polar surface area (TPSA) is 78.4 Å². The predicted octanol–water partition coefficient (Wildman–Crippen LogP) is 1.02. The molecule has 1 unspecified atom stereocenters. The minimum Gasteiger partial charge on any atom is -0.507 e. The Morgan fingerprint density at radius 3 is 2.59 bits per heavy atom. The van der Waals surface area contributed by atoms with Crippen LogP contribution < -0.4 is 10.6 Å². The highest BCUT2D eigenvalue weighted by molar-refractivity contribution is 9.10. The first-order valence-electron chi connectivity index (χ1n) is 4.96. The van der Waals surface area contributed by atoms with Crippen LogP contribution in [0.2, 0.25) is 0 Å². The van der Waals surface area contributed by atoms with Crippen molar-refractivity contribution in [1.82, 2.24) is 10.6 Å². The van der Waals surface area contributed by atoms with Crippen molar-refractivity contribution in [2.24, 2.45) is 0 Å². The number of rotatable bonds is 3. The van der Waals surface area contributed by atoms with Crippen molar-refractivity contribution in [1.29, 1.82) is 0 Å². The average Bonchev–Trinajstić information content (AvgIpc) is 2.31. The molecular formula is C11H13BrN2O3. The molecule has 0 saturated carbocycles. The van der Waals surface area contributed by atoms with Gasteiger partial charge in [-0.15, -0.1) is 0 Å². The highest BCUT2D eigenvalue weighted by atomic mass is 79.9. The standard InChI is InChI=1S/C11H13BrN2O3/c1-6(10(16)13-2)14-11(17)7-3-4-8(12)9(15)5-7/h3-6,15H,1-2H3,(H,13,16)(H,14,17). The Bertz CT molecular complexity index is 448. The number of likely N-dealkylation sites (N-methyl/N-ethyl adjacent to an activating group) is 1. The van der Waals surface area contributed by atoms with Crippen molar-refractivity contribution in [3.8, 4) is 5.75 Å². The number of aromatic hydroxyl groups is 1. The van der Waals surface area contributed by atoms with Gasteiger partial charge in [0.15, 0.2) is 0 Å². The first-order chi connectivity index (χ1) is 7.95. The summed E-state index contributed by atoms with van der Waals surface area (Å²) < 4.78 is 0.508. The van der Waals surface area contributed by atoms with Crippen molar-refractivity contribution in [3.05, 3.63) is 28.2 Å². The zero-order valence-electron chi connectivity index (χ0n) is 9.45. The number of benzene rings is 1. The van der Waals surface area contributed by atoms with Crippen molar-refractivity contribution < 1.29 is 14.7 Å². The van der Waals surface area contributed by atoms with E-state index < -0.39 is 11.9 Å².